The first-order valence-corrected chi connectivity index (χ1v) is 6.26. The number of para-hydroxylation sites is 1. The molecule has 1 aliphatic carbocycles. The molecule has 0 aromatic heterocycles. The lowest BCUT2D eigenvalue weighted by molar-refractivity contribution is 0.452. The monoisotopic (exact) mass is 243 g/mol. The zero-order valence-electron chi connectivity index (χ0n) is 10.2. The van der Waals surface area contributed by atoms with E-state index in [1.165, 1.54) is 0 Å². The van der Waals surface area contributed by atoms with E-state index < -0.39 is 0 Å². The van der Waals surface area contributed by atoms with Crippen LogP contribution in [0.4, 0.5) is 5.69 Å². The van der Waals surface area contributed by atoms with Crippen LogP contribution in [0.5, 0.6) is 0 Å². The normalized spacial score (nSPS) is 21.9. The Labute approximate surface area is 106 Å². The first-order chi connectivity index (χ1) is 8.71. The summed E-state index contributed by atoms with van der Waals surface area (Å²) < 4.78 is 0. The van der Waals surface area contributed by atoms with Crippen LogP contribution >= 0.6 is 0 Å². The molecule has 1 aromatic carbocycles. The lowest BCUT2D eigenvalue weighted by atomic mass is 10.1. The van der Waals surface area contributed by atoms with Crippen LogP contribution in [0.1, 0.15) is 25.7 Å². The van der Waals surface area contributed by atoms with E-state index in [4.69, 9.17) is 11.5 Å². The molecule has 1 fully saturated rings. The van der Waals surface area contributed by atoms with Crippen molar-refractivity contribution in [1.29, 1.82) is 0 Å². The number of hydrogen-bond donors (Lipinski definition) is 2. The molecule has 1 heterocycles. The lowest BCUT2D eigenvalue weighted by Crippen LogP contribution is -2.56. The van der Waals surface area contributed by atoms with Gasteiger partial charge in [-0.3, -0.25) is 4.90 Å². The molecular formula is C13H17N5. The van der Waals surface area contributed by atoms with Crippen molar-refractivity contribution in [2.45, 2.75) is 31.3 Å². The van der Waals surface area contributed by atoms with E-state index in [-0.39, 0.29) is 5.66 Å². The van der Waals surface area contributed by atoms with E-state index in [1.54, 1.807) is 0 Å². The topological polar surface area (TPSA) is 80.0 Å². The Morgan fingerprint density at radius 3 is 2.39 bits per heavy atom. The Morgan fingerprint density at radius 1 is 1.06 bits per heavy atom. The number of hydrogen-bond acceptors (Lipinski definition) is 5. The highest BCUT2D eigenvalue weighted by Gasteiger charge is 2.43. The fourth-order valence-corrected chi connectivity index (χ4v) is 2.90. The zero-order valence-corrected chi connectivity index (χ0v) is 10.2. The molecule has 1 saturated carbocycles. The van der Waals surface area contributed by atoms with Gasteiger partial charge >= 0.3 is 0 Å². The fraction of sp³-hybridized carbons (Fsp3) is 0.385. The van der Waals surface area contributed by atoms with Gasteiger partial charge in [0.15, 0.2) is 0 Å². The molecule has 0 radical (unpaired) electrons. The van der Waals surface area contributed by atoms with Crippen LogP contribution in [0.25, 0.3) is 0 Å². The highest BCUT2D eigenvalue weighted by Crippen LogP contribution is 2.40. The second-order valence-electron chi connectivity index (χ2n) is 4.80. The fourth-order valence-electron chi connectivity index (χ4n) is 2.90. The van der Waals surface area contributed by atoms with Crippen LogP contribution in [0.15, 0.2) is 40.3 Å². The predicted octanol–water partition coefficient (Wildman–Crippen LogP) is 1.41. The molecule has 0 bridgehead atoms. The van der Waals surface area contributed by atoms with Gasteiger partial charge in [0.05, 0.1) is 0 Å². The van der Waals surface area contributed by atoms with Crippen LogP contribution in [0.2, 0.25) is 0 Å². The smallest absolute Gasteiger partial charge is 0.220 e. The number of nitrogens with two attached hydrogens (primary N) is 2. The Bertz CT molecular complexity index is 499. The zero-order chi connectivity index (χ0) is 12.6. The minimum absolute atomic E-state index is 0.293. The van der Waals surface area contributed by atoms with Crippen molar-refractivity contribution < 1.29 is 0 Å². The highest BCUT2D eigenvalue weighted by atomic mass is 15.4. The number of guanidine groups is 2. The summed E-state index contributed by atoms with van der Waals surface area (Å²) in [6.45, 7) is 0. The van der Waals surface area contributed by atoms with Gasteiger partial charge in [0.1, 0.15) is 5.66 Å². The Morgan fingerprint density at radius 2 is 1.72 bits per heavy atom. The number of anilines is 1. The van der Waals surface area contributed by atoms with Gasteiger partial charge in [-0.15, -0.1) is 0 Å². The molecule has 0 saturated heterocycles. The highest BCUT2D eigenvalue weighted by molar-refractivity contribution is 6.05. The summed E-state index contributed by atoms with van der Waals surface area (Å²) in [6.07, 6.45) is 4.23. The maximum absolute atomic E-state index is 6.07. The Kier molecular flexibility index (Phi) is 2.47. The van der Waals surface area contributed by atoms with Crippen LogP contribution in [0, 0.1) is 0 Å². The maximum atomic E-state index is 6.07. The van der Waals surface area contributed by atoms with Crippen molar-refractivity contribution in [3.8, 4) is 0 Å². The van der Waals surface area contributed by atoms with Gasteiger partial charge in [-0.05, 0) is 37.8 Å². The predicted molar refractivity (Wildman–Crippen MR) is 73.4 cm³/mol. The first-order valence-electron chi connectivity index (χ1n) is 6.26. The molecular weight excluding hydrogens is 226 g/mol. The molecule has 0 atom stereocenters. The van der Waals surface area contributed by atoms with Crippen LogP contribution in [0.3, 0.4) is 0 Å². The molecule has 2 aliphatic rings. The summed E-state index contributed by atoms with van der Waals surface area (Å²) in [5.41, 5.74) is 12.5. The Hall–Kier alpha value is -2.04. The summed E-state index contributed by atoms with van der Waals surface area (Å²) >= 11 is 0. The first kappa shape index (κ1) is 11.1. The van der Waals surface area contributed by atoms with E-state index in [0.717, 1.165) is 31.4 Å². The third kappa shape index (κ3) is 1.63. The largest absolute Gasteiger partial charge is 0.369 e. The van der Waals surface area contributed by atoms with E-state index in [1.807, 2.05) is 35.2 Å². The molecule has 4 N–H and O–H groups in total. The number of nitrogens with zero attached hydrogens (tertiary/aromatic N) is 3. The molecule has 3 rings (SSSR count). The average molecular weight is 243 g/mol. The SMILES string of the molecule is NC1=NC2(CCCC2)N(c2ccccc2)C(N)=N1. The van der Waals surface area contributed by atoms with Gasteiger partial charge in [-0.25, -0.2) is 4.99 Å². The van der Waals surface area contributed by atoms with E-state index >= 15 is 0 Å². The number of rotatable bonds is 1. The van der Waals surface area contributed by atoms with Gasteiger partial charge in [-0.2, -0.15) is 4.99 Å². The summed E-state index contributed by atoms with van der Waals surface area (Å²) in [4.78, 5) is 10.7. The molecule has 5 nitrogen and oxygen atoms in total. The summed E-state index contributed by atoms with van der Waals surface area (Å²) in [6, 6.07) is 10.0. The van der Waals surface area contributed by atoms with Gasteiger partial charge in [0, 0.05) is 5.69 Å². The number of aliphatic imine (C=N–C) groups is 2. The maximum Gasteiger partial charge on any atom is 0.220 e. The van der Waals surface area contributed by atoms with E-state index in [2.05, 4.69) is 9.98 Å². The van der Waals surface area contributed by atoms with Crippen molar-refractivity contribution in [1.82, 2.24) is 0 Å². The quantitative estimate of drug-likeness (QED) is 0.782. The minimum atomic E-state index is -0.322. The summed E-state index contributed by atoms with van der Waals surface area (Å²) in [7, 11) is 0. The molecule has 1 aliphatic heterocycles. The van der Waals surface area contributed by atoms with Crippen molar-refractivity contribution in [2.75, 3.05) is 4.90 Å². The second kappa shape index (κ2) is 4.01. The van der Waals surface area contributed by atoms with Gasteiger partial charge < -0.3 is 11.5 Å². The molecule has 18 heavy (non-hydrogen) atoms. The third-order valence-electron chi connectivity index (χ3n) is 3.62. The Balaban J connectivity index is 2.08. The van der Waals surface area contributed by atoms with Crippen molar-refractivity contribution in [3.05, 3.63) is 30.3 Å². The molecule has 1 spiro atoms. The van der Waals surface area contributed by atoms with Crippen molar-refractivity contribution >= 4 is 17.6 Å². The van der Waals surface area contributed by atoms with Crippen LogP contribution in [-0.4, -0.2) is 17.6 Å². The summed E-state index contributed by atoms with van der Waals surface area (Å²) in [5.74, 6) is 0.734. The summed E-state index contributed by atoms with van der Waals surface area (Å²) in [5, 5.41) is 0. The van der Waals surface area contributed by atoms with Crippen molar-refractivity contribution in [2.24, 2.45) is 21.5 Å². The number of benzene rings is 1. The second-order valence-corrected chi connectivity index (χ2v) is 4.80. The minimum Gasteiger partial charge on any atom is -0.369 e. The standard InChI is InChI=1S/C13H17N5/c14-11-16-12(15)18(10-6-2-1-3-7-10)13(17-11)8-4-5-9-13/h1-3,6-7H,4-5,8-9H2,(H4,14,15,16,17). The average Bonchev–Trinajstić information content (AvgIpc) is 2.78. The molecule has 0 amide bonds. The van der Waals surface area contributed by atoms with E-state index in [9.17, 15) is 0 Å². The van der Waals surface area contributed by atoms with Gasteiger partial charge in [0.2, 0.25) is 11.9 Å². The van der Waals surface area contributed by atoms with Crippen molar-refractivity contribution in [3.63, 3.8) is 0 Å². The van der Waals surface area contributed by atoms with E-state index in [0.29, 0.717) is 11.9 Å². The van der Waals surface area contributed by atoms with Crippen LogP contribution in [-0.2, 0) is 0 Å². The van der Waals surface area contributed by atoms with Gasteiger partial charge in [0.25, 0.3) is 0 Å². The molecule has 5 heteroatoms. The third-order valence-corrected chi connectivity index (χ3v) is 3.62. The van der Waals surface area contributed by atoms with Gasteiger partial charge in [-0.1, -0.05) is 18.2 Å². The molecule has 1 aromatic rings. The molecule has 0 unspecified atom stereocenters. The molecule has 94 valence electrons. The van der Waals surface area contributed by atoms with Crippen LogP contribution < -0.4 is 16.4 Å². The lowest BCUT2D eigenvalue weighted by Gasteiger charge is -2.41.